The van der Waals surface area contributed by atoms with Crippen LogP contribution < -0.4 is 10.1 Å². The molecule has 27 heavy (non-hydrogen) atoms. The lowest BCUT2D eigenvalue weighted by molar-refractivity contribution is -0.274. The third-order valence-electron chi connectivity index (χ3n) is 4.08. The molecule has 0 saturated carbocycles. The number of carbonyl (C=O) groups is 2. The number of benzene rings is 1. The molecule has 1 aromatic carbocycles. The number of thiophene rings is 1. The van der Waals surface area contributed by atoms with Crippen molar-refractivity contribution in [3.05, 3.63) is 46.2 Å². The van der Waals surface area contributed by atoms with E-state index in [9.17, 15) is 22.8 Å². The lowest BCUT2D eigenvalue weighted by Gasteiger charge is -2.27. The number of carbonyl (C=O) groups excluding carboxylic acids is 2. The van der Waals surface area contributed by atoms with Gasteiger partial charge in [-0.2, -0.15) is 0 Å². The van der Waals surface area contributed by atoms with E-state index in [0.717, 1.165) is 24.1 Å². The van der Waals surface area contributed by atoms with Gasteiger partial charge >= 0.3 is 6.36 Å². The molecule has 1 aromatic heterocycles. The lowest BCUT2D eigenvalue weighted by Crippen LogP contribution is -2.35. The van der Waals surface area contributed by atoms with E-state index in [1.807, 2.05) is 11.4 Å². The van der Waals surface area contributed by atoms with Gasteiger partial charge < -0.3 is 15.0 Å². The van der Waals surface area contributed by atoms with Crippen LogP contribution in [-0.4, -0.2) is 29.6 Å². The summed E-state index contributed by atoms with van der Waals surface area (Å²) in [6, 6.07) is 7.01. The molecule has 2 heterocycles. The number of hydrogen-bond donors (Lipinski definition) is 1. The predicted octanol–water partition coefficient (Wildman–Crippen LogP) is 3.95. The largest absolute Gasteiger partial charge is 0.573 e. The molecular weight excluding hydrogens is 381 g/mol. The number of nitrogens with one attached hydrogen (secondary N) is 1. The van der Waals surface area contributed by atoms with Crippen molar-refractivity contribution in [1.82, 2.24) is 4.90 Å². The van der Waals surface area contributed by atoms with Gasteiger partial charge in [-0.3, -0.25) is 9.59 Å². The van der Waals surface area contributed by atoms with Crippen LogP contribution in [0.4, 0.5) is 18.9 Å². The van der Waals surface area contributed by atoms with Crippen LogP contribution in [0.25, 0.3) is 0 Å². The molecule has 0 saturated heterocycles. The van der Waals surface area contributed by atoms with Gasteiger partial charge in [-0.05, 0) is 35.6 Å². The Morgan fingerprint density at radius 1 is 1.22 bits per heavy atom. The number of fused-ring (bicyclic) bond motifs is 1. The molecule has 0 aliphatic carbocycles. The number of rotatable bonds is 5. The number of ether oxygens (including phenoxy) is 1. The van der Waals surface area contributed by atoms with Crippen LogP contribution in [-0.2, 0) is 22.6 Å². The molecule has 1 aliphatic rings. The first-order chi connectivity index (χ1) is 12.8. The zero-order chi connectivity index (χ0) is 19.4. The Balaban J connectivity index is 1.48. The Hall–Kier alpha value is -2.55. The van der Waals surface area contributed by atoms with Crippen molar-refractivity contribution in [2.24, 2.45) is 0 Å². The van der Waals surface area contributed by atoms with Gasteiger partial charge in [0.25, 0.3) is 0 Å². The molecule has 1 aliphatic heterocycles. The summed E-state index contributed by atoms with van der Waals surface area (Å²) in [5.74, 6) is -0.979. The quantitative estimate of drug-likeness (QED) is 0.830. The normalized spacial score (nSPS) is 13.8. The highest BCUT2D eigenvalue weighted by Crippen LogP contribution is 2.26. The van der Waals surface area contributed by atoms with Crippen molar-refractivity contribution in [3.8, 4) is 5.75 Å². The molecule has 1 N–H and O–H groups in total. The molecule has 5 nitrogen and oxygen atoms in total. The Morgan fingerprint density at radius 3 is 2.81 bits per heavy atom. The first-order valence-electron chi connectivity index (χ1n) is 8.29. The van der Waals surface area contributed by atoms with Crippen molar-refractivity contribution >= 4 is 28.8 Å². The van der Waals surface area contributed by atoms with Crippen LogP contribution in [0.1, 0.15) is 23.3 Å². The van der Waals surface area contributed by atoms with Crippen LogP contribution in [0.15, 0.2) is 35.7 Å². The molecule has 0 unspecified atom stereocenters. The number of halogens is 3. The molecule has 0 fully saturated rings. The molecule has 9 heteroatoms. The molecule has 0 atom stereocenters. The van der Waals surface area contributed by atoms with E-state index in [-0.39, 0.29) is 24.4 Å². The number of alkyl halides is 3. The maximum atomic E-state index is 12.3. The summed E-state index contributed by atoms with van der Waals surface area (Å²) in [5.41, 5.74) is 1.32. The second-order valence-electron chi connectivity index (χ2n) is 6.06. The predicted molar refractivity (Wildman–Crippen MR) is 94.4 cm³/mol. The molecule has 144 valence electrons. The number of nitrogens with zero attached hydrogens (tertiary/aromatic N) is 1. The maximum absolute atomic E-state index is 12.3. The van der Waals surface area contributed by atoms with Crippen LogP contribution in [0.5, 0.6) is 5.75 Å². The SMILES string of the molecule is O=C(CCC(=O)N1CCc2sccc2C1)Nc1cccc(OC(F)(F)F)c1. The van der Waals surface area contributed by atoms with Gasteiger partial charge in [-0.1, -0.05) is 6.07 Å². The third kappa shape index (κ3) is 5.46. The molecule has 2 aromatic rings. The fourth-order valence-electron chi connectivity index (χ4n) is 2.83. The van der Waals surface area contributed by atoms with E-state index >= 15 is 0 Å². The Labute approximate surface area is 157 Å². The summed E-state index contributed by atoms with van der Waals surface area (Å²) in [7, 11) is 0. The van der Waals surface area contributed by atoms with E-state index in [4.69, 9.17) is 0 Å². The average molecular weight is 398 g/mol. The highest BCUT2D eigenvalue weighted by Gasteiger charge is 2.31. The minimum absolute atomic E-state index is 0.0455. The summed E-state index contributed by atoms with van der Waals surface area (Å²) in [4.78, 5) is 27.3. The van der Waals surface area contributed by atoms with E-state index in [1.54, 1.807) is 16.2 Å². The number of hydrogen-bond acceptors (Lipinski definition) is 4. The van der Waals surface area contributed by atoms with Crippen molar-refractivity contribution in [1.29, 1.82) is 0 Å². The second-order valence-corrected chi connectivity index (χ2v) is 7.06. The summed E-state index contributed by atoms with van der Waals surface area (Å²) in [5, 5.41) is 4.49. The van der Waals surface area contributed by atoms with Gasteiger partial charge in [0.15, 0.2) is 0 Å². The number of anilines is 1. The molecule has 0 bridgehead atoms. The Morgan fingerprint density at radius 2 is 2.04 bits per heavy atom. The smallest absolute Gasteiger partial charge is 0.406 e. The van der Waals surface area contributed by atoms with Gasteiger partial charge in [0.2, 0.25) is 11.8 Å². The monoisotopic (exact) mass is 398 g/mol. The highest BCUT2D eigenvalue weighted by atomic mass is 32.1. The van der Waals surface area contributed by atoms with Gasteiger partial charge in [0.1, 0.15) is 5.75 Å². The third-order valence-corrected chi connectivity index (χ3v) is 5.10. The molecule has 2 amide bonds. The topological polar surface area (TPSA) is 58.6 Å². The zero-order valence-electron chi connectivity index (χ0n) is 14.2. The van der Waals surface area contributed by atoms with Crippen LogP contribution in [0.2, 0.25) is 0 Å². The Kier molecular flexibility index (Phi) is 5.69. The fourth-order valence-corrected chi connectivity index (χ4v) is 3.72. The first kappa shape index (κ1) is 19.2. The Bertz CT molecular complexity index is 835. The van der Waals surface area contributed by atoms with E-state index in [1.165, 1.54) is 17.0 Å². The van der Waals surface area contributed by atoms with Crippen molar-refractivity contribution in [2.45, 2.75) is 32.2 Å². The fraction of sp³-hybridized carbons (Fsp3) is 0.333. The first-order valence-corrected chi connectivity index (χ1v) is 9.17. The molecular formula is C18H17F3N2O3S. The van der Waals surface area contributed by atoms with E-state index in [2.05, 4.69) is 10.1 Å². The second kappa shape index (κ2) is 7.99. The van der Waals surface area contributed by atoms with Crippen LogP contribution in [0.3, 0.4) is 0 Å². The van der Waals surface area contributed by atoms with Gasteiger partial charge in [0.05, 0.1) is 0 Å². The molecule has 3 rings (SSSR count). The zero-order valence-corrected chi connectivity index (χ0v) is 15.0. The highest BCUT2D eigenvalue weighted by molar-refractivity contribution is 7.10. The van der Waals surface area contributed by atoms with Crippen molar-refractivity contribution < 1.29 is 27.5 Å². The van der Waals surface area contributed by atoms with Crippen molar-refractivity contribution in [3.63, 3.8) is 0 Å². The van der Waals surface area contributed by atoms with Gasteiger partial charge in [-0.15, -0.1) is 24.5 Å². The standard InChI is InChI=1S/C18H17F3N2O3S/c19-18(20,21)26-14-3-1-2-13(10-14)22-16(24)4-5-17(25)23-8-6-15-12(11-23)7-9-27-15/h1-3,7,9-10H,4-6,8,11H2,(H,22,24). The minimum Gasteiger partial charge on any atom is -0.406 e. The van der Waals surface area contributed by atoms with Gasteiger partial charge in [-0.25, -0.2) is 0 Å². The number of amides is 2. The van der Waals surface area contributed by atoms with E-state index in [0.29, 0.717) is 13.1 Å². The van der Waals surface area contributed by atoms with Crippen molar-refractivity contribution in [2.75, 3.05) is 11.9 Å². The summed E-state index contributed by atoms with van der Waals surface area (Å²) >= 11 is 1.68. The van der Waals surface area contributed by atoms with Gasteiger partial charge in [0, 0.05) is 42.6 Å². The molecule has 0 radical (unpaired) electrons. The summed E-state index contributed by atoms with van der Waals surface area (Å²) in [6.45, 7) is 1.18. The average Bonchev–Trinajstić information content (AvgIpc) is 3.06. The summed E-state index contributed by atoms with van der Waals surface area (Å²) in [6.07, 6.45) is -3.98. The van der Waals surface area contributed by atoms with Crippen LogP contribution >= 0.6 is 11.3 Å². The summed E-state index contributed by atoms with van der Waals surface area (Å²) < 4.78 is 40.5. The maximum Gasteiger partial charge on any atom is 0.573 e. The molecule has 0 spiro atoms. The minimum atomic E-state index is -4.80. The van der Waals surface area contributed by atoms with Crippen LogP contribution in [0, 0.1) is 0 Å². The lowest BCUT2D eigenvalue weighted by atomic mass is 10.1. The van der Waals surface area contributed by atoms with E-state index < -0.39 is 18.0 Å².